The van der Waals surface area contributed by atoms with Crippen LogP contribution in [-0.2, 0) is 0 Å². The average molecular weight is 275 g/mol. The number of rotatable bonds is 2. The summed E-state index contributed by atoms with van der Waals surface area (Å²) in [6, 6.07) is 3.33. The second-order valence-corrected chi connectivity index (χ2v) is 4.39. The van der Waals surface area contributed by atoms with Crippen molar-refractivity contribution < 1.29 is 8.78 Å². The molecule has 2 heterocycles. The molecule has 0 aliphatic carbocycles. The van der Waals surface area contributed by atoms with Crippen LogP contribution in [-0.4, -0.2) is 20.4 Å². The number of hydrogen-bond donors (Lipinski definition) is 3. The van der Waals surface area contributed by atoms with Gasteiger partial charge in [0.1, 0.15) is 11.6 Å². The van der Waals surface area contributed by atoms with E-state index in [2.05, 4.69) is 20.4 Å². The molecule has 1 aromatic carbocycles. The first-order valence-electron chi connectivity index (χ1n) is 5.87. The van der Waals surface area contributed by atoms with E-state index in [0.29, 0.717) is 11.3 Å². The molecule has 3 aromatic rings. The summed E-state index contributed by atoms with van der Waals surface area (Å²) in [6.07, 6.45) is 1.59. The van der Waals surface area contributed by atoms with Crippen molar-refractivity contribution in [3.05, 3.63) is 41.7 Å². The van der Waals surface area contributed by atoms with Crippen molar-refractivity contribution >= 4 is 5.82 Å². The van der Waals surface area contributed by atoms with Crippen molar-refractivity contribution in [1.82, 2.24) is 20.4 Å². The first-order chi connectivity index (χ1) is 9.58. The van der Waals surface area contributed by atoms with Gasteiger partial charge in [0, 0.05) is 22.9 Å². The number of H-pyrrole nitrogens is 2. The number of benzene rings is 1. The van der Waals surface area contributed by atoms with Gasteiger partial charge in [0.05, 0.1) is 17.5 Å². The second kappa shape index (κ2) is 4.44. The molecular weight excluding hydrogens is 264 g/mol. The van der Waals surface area contributed by atoms with Crippen LogP contribution in [0.3, 0.4) is 0 Å². The number of anilines is 1. The maximum atomic E-state index is 14.0. The van der Waals surface area contributed by atoms with Crippen LogP contribution in [0.1, 0.15) is 5.69 Å². The van der Waals surface area contributed by atoms with E-state index < -0.39 is 11.6 Å². The largest absolute Gasteiger partial charge is 0.382 e. The minimum Gasteiger partial charge on any atom is -0.382 e. The Bertz CT molecular complexity index is 775. The van der Waals surface area contributed by atoms with Crippen molar-refractivity contribution in [3.8, 4) is 22.4 Å². The molecule has 0 aliphatic rings. The molecule has 0 saturated carbocycles. The predicted octanol–water partition coefficient (Wildman–Crippen LogP) is 2.64. The first-order valence-corrected chi connectivity index (χ1v) is 5.87. The maximum Gasteiger partial charge on any atom is 0.153 e. The first kappa shape index (κ1) is 12.3. The summed E-state index contributed by atoms with van der Waals surface area (Å²) in [5, 5.41) is 13.4. The van der Waals surface area contributed by atoms with Gasteiger partial charge in [-0.25, -0.2) is 8.78 Å². The molecule has 0 spiro atoms. The van der Waals surface area contributed by atoms with Gasteiger partial charge in [-0.3, -0.25) is 10.2 Å². The molecular formula is C13H11F2N5. The van der Waals surface area contributed by atoms with Crippen LogP contribution >= 0.6 is 0 Å². The standard InChI is InChI=1S/C13H11F2N5/c1-6-9(5-17-18-6)12-11(13(16)20-19-12)8-3-2-7(14)4-10(8)15/h2-5H,1H3,(H,17,18)(H3,16,19,20). The SMILES string of the molecule is Cc1[nH]ncc1-c1[nH]nc(N)c1-c1ccc(F)cc1F. The number of aryl methyl sites for hydroxylation is 1. The molecule has 20 heavy (non-hydrogen) atoms. The fourth-order valence-electron chi connectivity index (χ4n) is 2.12. The fraction of sp³-hybridized carbons (Fsp3) is 0.0769. The third-order valence-corrected chi connectivity index (χ3v) is 3.09. The third kappa shape index (κ3) is 1.83. The fourth-order valence-corrected chi connectivity index (χ4v) is 2.12. The van der Waals surface area contributed by atoms with E-state index in [0.717, 1.165) is 17.3 Å². The highest BCUT2D eigenvalue weighted by Gasteiger charge is 2.20. The molecule has 102 valence electrons. The second-order valence-electron chi connectivity index (χ2n) is 4.39. The van der Waals surface area contributed by atoms with Crippen molar-refractivity contribution in [2.75, 3.05) is 5.73 Å². The van der Waals surface area contributed by atoms with E-state index in [-0.39, 0.29) is 11.4 Å². The van der Waals surface area contributed by atoms with Gasteiger partial charge in [-0.05, 0) is 19.1 Å². The van der Waals surface area contributed by atoms with Gasteiger partial charge in [-0.2, -0.15) is 10.2 Å². The lowest BCUT2D eigenvalue weighted by Gasteiger charge is -2.05. The number of hydrogen-bond acceptors (Lipinski definition) is 3. The Hall–Kier alpha value is -2.70. The molecule has 3 rings (SSSR count). The van der Waals surface area contributed by atoms with E-state index in [1.54, 1.807) is 6.20 Å². The highest BCUT2D eigenvalue weighted by molar-refractivity contribution is 5.88. The lowest BCUT2D eigenvalue weighted by molar-refractivity contribution is 0.585. The lowest BCUT2D eigenvalue weighted by atomic mass is 10.0. The molecule has 4 N–H and O–H groups in total. The average Bonchev–Trinajstić information content (AvgIpc) is 2.96. The molecule has 5 nitrogen and oxygen atoms in total. The Labute approximate surface area is 112 Å². The van der Waals surface area contributed by atoms with Crippen LogP contribution in [0.25, 0.3) is 22.4 Å². The Morgan fingerprint density at radius 2 is 1.95 bits per heavy atom. The zero-order chi connectivity index (χ0) is 14.3. The molecule has 0 aliphatic heterocycles. The molecule has 2 aromatic heterocycles. The van der Waals surface area contributed by atoms with Gasteiger partial charge < -0.3 is 5.73 Å². The third-order valence-electron chi connectivity index (χ3n) is 3.09. The summed E-state index contributed by atoms with van der Waals surface area (Å²) < 4.78 is 27.0. The van der Waals surface area contributed by atoms with Crippen LogP contribution < -0.4 is 5.73 Å². The maximum absolute atomic E-state index is 14.0. The van der Waals surface area contributed by atoms with Crippen LogP contribution in [0.15, 0.2) is 24.4 Å². The summed E-state index contributed by atoms with van der Waals surface area (Å²) >= 11 is 0. The Kier molecular flexibility index (Phi) is 2.74. The predicted molar refractivity (Wildman–Crippen MR) is 70.7 cm³/mol. The minimum absolute atomic E-state index is 0.145. The molecule has 0 unspecified atom stereocenters. The highest BCUT2D eigenvalue weighted by atomic mass is 19.1. The number of nitrogen functional groups attached to an aromatic ring is 1. The Morgan fingerprint density at radius 1 is 1.15 bits per heavy atom. The van der Waals surface area contributed by atoms with Gasteiger partial charge in [-0.1, -0.05) is 0 Å². The van der Waals surface area contributed by atoms with Gasteiger partial charge >= 0.3 is 0 Å². The summed E-state index contributed by atoms with van der Waals surface area (Å²) in [5.41, 5.74) is 8.45. The number of halogens is 2. The molecule has 0 fully saturated rings. The van der Waals surface area contributed by atoms with E-state index >= 15 is 0 Å². The summed E-state index contributed by atoms with van der Waals surface area (Å²) in [4.78, 5) is 0. The monoisotopic (exact) mass is 275 g/mol. The van der Waals surface area contributed by atoms with Gasteiger partial charge in [0.25, 0.3) is 0 Å². The van der Waals surface area contributed by atoms with Crippen molar-refractivity contribution in [2.45, 2.75) is 6.92 Å². The molecule has 0 saturated heterocycles. The van der Waals surface area contributed by atoms with E-state index in [1.807, 2.05) is 6.92 Å². The normalized spacial score (nSPS) is 10.9. The van der Waals surface area contributed by atoms with E-state index in [4.69, 9.17) is 5.73 Å². The van der Waals surface area contributed by atoms with Gasteiger partial charge in [0.15, 0.2) is 5.82 Å². The molecule has 0 bridgehead atoms. The summed E-state index contributed by atoms with van der Waals surface area (Å²) in [7, 11) is 0. The zero-order valence-corrected chi connectivity index (χ0v) is 10.5. The lowest BCUT2D eigenvalue weighted by Crippen LogP contribution is -1.92. The van der Waals surface area contributed by atoms with Crippen LogP contribution in [0, 0.1) is 18.6 Å². The van der Waals surface area contributed by atoms with Crippen LogP contribution in [0.2, 0.25) is 0 Å². The summed E-state index contributed by atoms with van der Waals surface area (Å²) in [5.74, 6) is -1.19. The van der Waals surface area contributed by atoms with Crippen LogP contribution in [0.5, 0.6) is 0 Å². The Morgan fingerprint density at radius 3 is 2.60 bits per heavy atom. The van der Waals surface area contributed by atoms with Crippen molar-refractivity contribution in [1.29, 1.82) is 0 Å². The van der Waals surface area contributed by atoms with Crippen molar-refractivity contribution in [2.24, 2.45) is 0 Å². The quantitative estimate of drug-likeness (QED) is 0.672. The van der Waals surface area contributed by atoms with Gasteiger partial charge in [-0.15, -0.1) is 0 Å². The number of nitrogens with two attached hydrogens (primary N) is 1. The zero-order valence-electron chi connectivity index (χ0n) is 10.5. The highest BCUT2D eigenvalue weighted by Crippen LogP contribution is 2.36. The number of aromatic nitrogens is 4. The number of nitrogens with one attached hydrogen (secondary N) is 2. The minimum atomic E-state index is -0.694. The smallest absolute Gasteiger partial charge is 0.153 e. The van der Waals surface area contributed by atoms with Crippen LogP contribution in [0.4, 0.5) is 14.6 Å². The van der Waals surface area contributed by atoms with Gasteiger partial charge in [0.2, 0.25) is 0 Å². The Balaban J connectivity index is 2.24. The van der Waals surface area contributed by atoms with E-state index in [9.17, 15) is 8.78 Å². The summed E-state index contributed by atoms with van der Waals surface area (Å²) in [6.45, 7) is 1.82. The molecule has 7 heteroatoms. The molecule has 0 atom stereocenters. The molecule has 0 radical (unpaired) electrons. The number of aromatic amines is 2. The molecule has 0 amide bonds. The topological polar surface area (TPSA) is 83.4 Å². The van der Waals surface area contributed by atoms with Crippen molar-refractivity contribution in [3.63, 3.8) is 0 Å². The van der Waals surface area contributed by atoms with E-state index in [1.165, 1.54) is 12.1 Å². The number of nitrogens with zero attached hydrogens (tertiary/aromatic N) is 2.